The highest BCUT2D eigenvalue weighted by Crippen LogP contribution is 2.35. The molecule has 10 heteroatoms. The Labute approximate surface area is 178 Å². The van der Waals surface area contributed by atoms with Crippen LogP contribution in [0.4, 0.5) is 0 Å². The molecule has 8 nitrogen and oxygen atoms in total. The van der Waals surface area contributed by atoms with Crippen molar-refractivity contribution in [2.75, 3.05) is 13.1 Å². The van der Waals surface area contributed by atoms with E-state index in [4.69, 9.17) is 4.98 Å². The Bertz CT molecular complexity index is 1340. The maximum Gasteiger partial charge on any atom is 0.246 e. The SMILES string of the molecule is Cc1nn(C)c(C)c1S(=O)(=O)N1CCC(n2c(-c3ccsc3)nc3cccnc32)C1. The van der Waals surface area contributed by atoms with Gasteiger partial charge in [-0.05, 0) is 43.8 Å². The fourth-order valence-electron chi connectivity index (χ4n) is 4.27. The lowest BCUT2D eigenvalue weighted by Gasteiger charge is -2.19. The Kier molecular flexibility index (Phi) is 4.53. The molecule has 1 atom stereocenters. The molecule has 1 unspecified atom stereocenters. The molecule has 1 saturated heterocycles. The van der Waals surface area contributed by atoms with Crippen molar-refractivity contribution >= 4 is 32.5 Å². The lowest BCUT2D eigenvalue weighted by atomic mass is 10.2. The van der Waals surface area contributed by atoms with E-state index in [1.165, 1.54) is 0 Å². The molecule has 0 aliphatic carbocycles. The Morgan fingerprint density at radius 3 is 2.77 bits per heavy atom. The predicted octanol–water partition coefficient (Wildman–Crippen LogP) is 3.15. The molecule has 0 amide bonds. The molecule has 1 aliphatic heterocycles. The maximum atomic E-state index is 13.4. The fraction of sp³-hybridized carbons (Fsp3) is 0.350. The number of hydrogen-bond donors (Lipinski definition) is 0. The summed E-state index contributed by atoms with van der Waals surface area (Å²) < 4.78 is 32.1. The molecule has 5 heterocycles. The van der Waals surface area contributed by atoms with Gasteiger partial charge in [-0.15, -0.1) is 0 Å². The number of hydrogen-bond acceptors (Lipinski definition) is 6. The molecule has 0 spiro atoms. The number of thiophene rings is 1. The van der Waals surface area contributed by atoms with Crippen molar-refractivity contribution in [3.05, 3.63) is 46.5 Å². The normalized spacial score (nSPS) is 17.9. The lowest BCUT2D eigenvalue weighted by molar-refractivity contribution is 0.454. The van der Waals surface area contributed by atoms with E-state index in [1.807, 2.05) is 23.6 Å². The van der Waals surface area contributed by atoms with Gasteiger partial charge in [0, 0.05) is 37.3 Å². The number of aryl methyl sites for hydroxylation is 2. The molecule has 4 aromatic rings. The van der Waals surface area contributed by atoms with E-state index in [-0.39, 0.29) is 6.04 Å². The van der Waals surface area contributed by atoms with E-state index in [0.717, 1.165) is 22.6 Å². The van der Waals surface area contributed by atoms with Crippen molar-refractivity contribution < 1.29 is 8.42 Å². The zero-order valence-electron chi connectivity index (χ0n) is 17.0. The Morgan fingerprint density at radius 2 is 2.07 bits per heavy atom. The van der Waals surface area contributed by atoms with Gasteiger partial charge in [-0.2, -0.15) is 20.7 Å². The molecular weight excluding hydrogens is 420 g/mol. The van der Waals surface area contributed by atoms with E-state index in [1.54, 1.807) is 47.4 Å². The van der Waals surface area contributed by atoms with Crippen LogP contribution in [-0.4, -0.2) is 50.1 Å². The number of rotatable bonds is 4. The van der Waals surface area contributed by atoms with Crippen LogP contribution in [0.5, 0.6) is 0 Å². The van der Waals surface area contributed by atoms with Gasteiger partial charge < -0.3 is 4.57 Å². The van der Waals surface area contributed by atoms with Crippen molar-refractivity contribution in [1.82, 2.24) is 28.6 Å². The summed E-state index contributed by atoms with van der Waals surface area (Å²) in [7, 11) is -1.86. The first kappa shape index (κ1) is 19.4. The van der Waals surface area contributed by atoms with Gasteiger partial charge in [0.25, 0.3) is 0 Å². The highest BCUT2D eigenvalue weighted by atomic mass is 32.2. The number of pyridine rings is 1. The van der Waals surface area contributed by atoms with E-state index in [0.29, 0.717) is 35.8 Å². The number of imidazole rings is 1. The van der Waals surface area contributed by atoms with Crippen molar-refractivity contribution in [2.24, 2.45) is 7.05 Å². The summed E-state index contributed by atoms with van der Waals surface area (Å²) >= 11 is 1.61. The third kappa shape index (κ3) is 2.90. The minimum absolute atomic E-state index is 0.0353. The third-order valence-corrected chi connectivity index (χ3v) is 8.56. The highest BCUT2D eigenvalue weighted by molar-refractivity contribution is 7.89. The summed E-state index contributed by atoms with van der Waals surface area (Å²) in [4.78, 5) is 9.68. The smallest absolute Gasteiger partial charge is 0.246 e. The first-order valence-corrected chi connectivity index (χ1v) is 12.1. The van der Waals surface area contributed by atoms with Gasteiger partial charge in [0.1, 0.15) is 16.2 Å². The summed E-state index contributed by atoms with van der Waals surface area (Å²) in [6.45, 7) is 4.38. The minimum atomic E-state index is -3.63. The van der Waals surface area contributed by atoms with Gasteiger partial charge >= 0.3 is 0 Å². The van der Waals surface area contributed by atoms with Crippen LogP contribution in [0.2, 0.25) is 0 Å². The Hall–Kier alpha value is -2.56. The van der Waals surface area contributed by atoms with Crippen LogP contribution in [-0.2, 0) is 17.1 Å². The van der Waals surface area contributed by atoms with Crippen LogP contribution in [0.1, 0.15) is 23.9 Å². The molecule has 1 fully saturated rings. The summed E-state index contributed by atoms with van der Waals surface area (Å²) in [6, 6.07) is 5.82. The fourth-order valence-corrected chi connectivity index (χ4v) is 6.79. The van der Waals surface area contributed by atoms with Crippen LogP contribution in [0.25, 0.3) is 22.6 Å². The van der Waals surface area contributed by atoms with Crippen molar-refractivity contribution in [3.63, 3.8) is 0 Å². The Morgan fingerprint density at radius 1 is 1.23 bits per heavy atom. The highest BCUT2D eigenvalue weighted by Gasteiger charge is 2.37. The molecule has 1 aliphatic rings. The third-order valence-electron chi connectivity index (χ3n) is 5.76. The van der Waals surface area contributed by atoms with Crippen LogP contribution >= 0.6 is 11.3 Å². The average molecular weight is 443 g/mol. The minimum Gasteiger partial charge on any atom is -0.304 e. The Balaban J connectivity index is 1.55. The second-order valence-electron chi connectivity index (χ2n) is 7.59. The molecule has 0 bridgehead atoms. The van der Waals surface area contributed by atoms with Gasteiger partial charge in [0.05, 0.1) is 17.4 Å². The molecule has 30 heavy (non-hydrogen) atoms. The summed E-state index contributed by atoms with van der Waals surface area (Å²) in [5, 5.41) is 8.37. The largest absolute Gasteiger partial charge is 0.304 e. The van der Waals surface area contributed by atoms with Crippen LogP contribution < -0.4 is 0 Å². The molecule has 0 radical (unpaired) electrons. The van der Waals surface area contributed by atoms with Gasteiger partial charge in [-0.25, -0.2) is 18.4 Å². The van der Waals surface area contributed by atoms with E-state index in [9.17, 15) is 8.42 Å². The molecule has 4 aromatic heterocycles. The number of aromatic nitrogens is 5. The van der Waals surface area contributed by atoms with E-state index >= 15 is 0 Å². The van der Waals surface area contributed by atoms with Crippen LogP contribution in [0, 0.1) is 13.8 Å². The van der Waals surface area contributed by atoms with Gasteiger partial charge in [-0.1, -0.05) is 0 Å². The predicted molar refractivity (Wildman–Crippen MR) is 116 cm³/mol. The second kappa shape index (κ2) is 7.00. The van der Waals surface area contributed by atoms with Crippen LogP contribution in [0.15, 0.2) is 40.1 Å². The van der Waals surface area contributed by atoms with Gasteiger partial charge in [0.15, 0.2) is 5.65 Å². The van der Waals surface area contributed by atoms with Gasteiger partial charge in [0.2, 0.25) is 10.0 Å². The molecule has 5 rings (SSSR count). The molecular formula is C20H22N6O2S2. The molecule has 0 saturated carbocycles. The number of fused-ring (bicyclic) bond motifs is 1. The number of nitrogens with zero attached hydrogens (tertiary/aromatic N) is 6. The first-order valence-electron chi connectivity index (χ1n) is 9.74. The number of sulfonamides is 1. The topological polar surface area (TPSA) is 85.9 Å². The molecule has 0 N–H and O–H groups in total. The monoisotopic (exact) mass is 442 g/mol. The maximum absolute atomic E-state index is 13.4. The standard InChI is InChI=1S/C20H22N6O2S2/c1-13-18(14(2)24(3)23-13)30(27,28)25-9-6-16(11-25)26-19(15-7-10-29-12-15)22-17-5-4-8-21-20(17)26/h4-5,7-8,10,12,16H,6,9,11H2,1-3H3. The second-order valence-corrected chi connectivity index (χ2v) is 10.2. The first-order chi connectivity index (χ1) is 14.4. The van der Waals surface area contributed by atoms with Crippen molar-refractivity contribution in [3.8, 4) is 11.4 Å². The quantitative estimate of drug-likeness (QED) is 0.485. The van der Waals surface area contributed by atoms with E-state index in [2.05, 4.69) is 20.0 Å². The summed E-state index contributed by atoms with van der Waals surface area (Å²) in [6.07, 6.45) is 2.46. The van der Waals surface area contributed by atoms with Gasteiger partial charge in [-0.3, -0.25) is 4.68 Å². The van der Waals surface area contributed by atoms with Crippen molar-refractivity contribution in [2.45, 2.75) is 31.2 Å². The summed E-state index contributed by atoms with van der Waals surface area (Å²) in [5.41, 5.74) is 3.82. The van der Waals surface area contributed by atoms with Crippen LogP contribution in [0.3, 0.4) is 0 Å². The molecule has 0 aromatic carbocycles. The van der Waals surface area contributed by atoms with E-state index < -0.39 is 10.0 Å². The van der Waals surface area contributed by atoms with Crippen molar-refractivity contribution in [1.29, 1.82) is 0 Å². The summed E-state index contributed by atoms with van der Waals surface area (Å²) in [5.74, 6) is 0.836. The average Bonchev–Trinajstić information content (AvgIpc) is 3.47. The zero-order valence-corrected chi connectivity index (χ0v) is 18.6. The zero-order chi connectivity index (χ0) is 21.0. The molecule has 156 valence electrons. The lowest BCUT2D eigenvalue weighted by Crippen LogP contribution is -2.30.